The van der Waals surface area contributed by atoms with E-state index in [9.17, 15) is 0 Å². The van der Waals surface area contributed by atoms with Gasteiger partial charge in [-0.2, -0.15) is 5.10 Å². The molecule has 1 aliphatic heterocycles. The minimum absolute atomic E-state index is 0.736. The standard InChI is InChI=1S/C9H8BrN3/c10-8-4-2-1-3-7(8)9-11-5-6-12-13-9/h1-4,6H,5H2,(H,11,13). The average Bonchev–Trinajstić information content (AvgIpc) is 2.20. The maximum absolute atomic E-state index is 4.01. The van der Waals surface area contributed by atoms with Crippen LogP contribution in [-0.4, -0.2) is 18.6 Å². The van der Waals surface area contributed by atoms with Crippen molar-refractivity contribution in [3.05, 3.63) is 34.3 Å². The second-order valence-corrected chi connectivity index (χ2v) is 3.46. The molecule has 13 heavy (non-hydrogen) atoms. The molecule has 0 bridgehead atoms. The van der Waals surface area contributed by atoms with Crippen molar-refractivity contribution in [3.8, 4) is 0 Å². The molecular formula is C9H8BrN3. The number of amidine groups is 1. The van der Waals surface area contributed by atoms with E-state index in [2.05, 4.69) is 31.4 Å². The van der Waals surface area contributed by atoms with E-state index in [1.165, 1.54) is 0 Å². The molecule has 66 valence electrons. The summed E-state index contributed by atoms with van der Waals surface area (Å²) in [5.41, 5.74) is 1.04. The molecule has 0 amide bonds. The smallest absolute Gasteiger partial charge is 0.157 e. The Morgan fingerprint density at radius 3 is 2.85 bits per heavy atom. The molecule has 1 aliphatic rings. The number of nitrogens with zero attached hydrogens (tertiary/aromatic N) is 2. The average molecular weight is 238 g/mol. The Morgan fingerprint density at radius 1 is 1.31 bits per heavy atom. The lowest BCUT2D eigenvalue weighted by molar-refractivity contribution is 1.01. The Kier molecular flexibility index (Phi) is 2.40. The first-order chi connectivity index (χ1) is 6.38. The highest BCUT2D eigenvalue weighted by molar-refractivity contribution is 9.10. The molecule has 2 rings (SSSR count). The third-order valence-electron chi connectivity index (χ3n) is 1.73. The molecule has 0 radical (unpaired) electrons. The number of hydrogen-bond donors (Lipinski definition) is 1. The van der Waals surface area contributed by atoms with Gasteiger partial charge >= 0.3 is 0 Å². The van der Waals surface area contributed by atoms with Gasteiger partial charge in [0.2, 0.25) is 0 Å². The normalized spacial score (nSPS) is 15.0. The van der Waals surface area contributed by atoms with Crippen molar-refractivity contribution in [3.63, 3.8) is 0 Å². The summed E-state index contributed by atoms with van der Waals surface area (Å²) in [4.78, 5) is 0. The fourth-order valence-electron chi connectivity index (χ4n) is 1.12. The van der Waals surface area contributed by atoms with Crippen molar-refractivity contribution < 1.29 is 0 Å². The first kappa shape index (κ1) is 8.44. The van der Waals surface area contributed by atoms with E-state index >= 15 is 0 Å². The summed E-state index contributed by atoms with van der Waals surface area (Å²) in [7, 11) is 0. The highest BCUT2D eigenvalue weighted by Gasteiger charge is 2.07. The van der Waals surface area contributed by atoms with E-state index in [-0.39, 0.29) is 0 Å². The largest absolute Gasteiger partial charge is 0.363 e. The summed E-state index contributed by atoms with van der Waals surface area (Å²) in [6.45, 7) is 0.736. The lowest BCUT2D eigenvalue weighted by atomic mass is 10.2. The van der Waals surface area contributed by atoms with Gasteiger partial charge in [0, 0.05) is 16.3 Å². The SMILES string of the molecule is Brc1ccccc1C1=NN=CCN1. The lowest BCUT2D eigenvalue weighted by Crippen LogP contribution is -2.28. The second-order valence-electron chi connectivity index (χ2n) is 2.61. The lowest BCUT2D eigenvalue weighted by Gasteiger charge is -2.10. The minimum atomic E-state index is 0.736. The van der Waals surface area contributed by atoms with Gasteiger partial charge in [-0.1, -0.05) is 34.1 Å². The van der Waals surface area contributed by atoms with E-state index in [1.807, 2.05) is 24.3 Å². The Morgan fingerprint density at radius 2 is 2.15 bits per heavy atom. The maximum Gasteiger partial charge on any atom is 0.157 e. The van der Waals surface area contributed by atoms with Crippen LogP contribution in [0.25, 0.3) is 0 Å². The Labute approximate surface area is 84.7 Å². The predicted molar refractivity (Wildman–Crippen MR) is 57.2 cm³/mol. The molecule has 0 spiro atoms. The molecule has 0 atom stereocenters. The van der Waals surface area contributed by atoms with E-state index in [4.69, 9.17) is 0 Å². The molecule has 1 N–H and O–H groups in total. The molecule has 0 unspecified atom stereocenters. The van der Waals surface area contributed by atoms with Crippen molar-refractivity contribution in [2.45, 2.75) is 0 Å². The zero-order valence-corrected chi connectivity index (χ0v) is 8.45. The Bertz CT molecular complexity index is 371. The molecular weight excluding hydrogens is 230 g/mol. The highest BCUT2D eigenvalue weighted by Crippen LogP contribution is 2.16. The van der Waals surface area contributed by atoms with Gasteiger partial charge in [0.25, 0.3) is 0 Å². The van der Waals surface area contributed by atoms with E-state index in [1.54, 1.807) is 6.21 Å². The highest BCUT2D eigenvalue weighted by atomic mass is 79.9. The minimum Gasteiger partial charge on any atom is -0.363 e. The maximum atomic E-state index is 4.01. The molecule has 1 aromatic rings. The second kappa shape index (κ2) is 3.70. The van der Waals surface area contributed by atoms with Crippen LogP contribution in [-0.2, 0) is 0 Å². The van der Waals surface area contributed by atoms with Gasteiger partial charge in [-0.3, -0.25) is 0 Å². The monoisotopic (exact) mass is 237 g/mol. The Hall–Kier alpha value is -1.16. The van der Waals surface area contributed by atoms with Gasteiger partial charge in [-0.15, -0.1) is 5.10 Å². The van der Waals surface area contributed by atoms with Gasteiger partial charge in [-0.25, -0.2) is 0 Å². The fourth-order valence-corrected chi connectivity index (χ4v) is 1.59. The van der Waals surface area contributed by atoms with E-state index in [0.29, 0.717) is 0 Å². The number of halogens is 1. The molecule has 3 nitrogen and oxygen atoms in total. The Balaban J connectivity index is 2.40. The van der Waals surface area contributed by atoms with Crippen LogP contribution in [0.3, 0.4) is 0 Å². The van der Waals surface area contributed by atoms with Crippen molar-refractivity contribution in [1.82, 2.24) is 5.32 Å². The summed E-state index contributed by atoms with van der Waals surface area (Å²) < 4.78 is 1.03. The van der Waals surface area contributed by atoms with Gasteiger partial charge in [-0.05, 0) is 6.07 Å². The molecule has 1 aromatic carbocycles. The number of rotatable bonds is 1. The zero-order chi connectivity index (χ0) is 9.10. The van der Waals surface area contributed by atoms with Crippen molar-refractivity contribution in [2.24, 2.45) is 10.2 Å². The first-order valence-electron chi connectivity index (χ1n) is 3.96. The van der Waals surface area contributed by atoms with Gasteiger partial charge in [0.15, 0.2) is 5.84 Å². The fraction of sp³-hybridized carbons (Fsp3) is 0.111. The molecule has 4 heteroatoms. The number of hydrogen-bond acceptors (Lipinski definition) is 3. The topological polar surface area (TPSA) is 36.8 Å². The predicted octanol–water partition coefficient (Wildman–Crippen LogP) is 1.78. The van der Waals surface area contributed by atoms with Crippen molar-refractivity contribution >= 4 is 28.0 Å². The van der Waals surface area contributed by atoms with Crippen LogP contribution in [0.4, 0.5) is 0 Å². The summed E-state index contributed by atoms with van der Waals surface area (Å²) >= 11 is 3.46. The van der Waals surface area contributed by atoms with E-state index in [0.717, 1.165) is 22.4 Å². The van der Waals surface area contributed by atoms with Crippen molar-refractivity contribution in [2.75, 3.05) is 6.54 Å². The molecule has 0 saturated carbocycles. The van der Waals surface area contributed by atoms with Crippen LogP contribution in [0.15, 0.2) is 38.9 Å². The van der Waals surface area contributed by atoms with Gasteiger partial charge in [0.05, 0.1) is 6.54 Å². The first-order valence-corrected chi connectivity index (χ1v) is 4.75. The third kappa shape index (κ3) is 1.78. The van der Waals surface area contributed by atoms with Crippen LogP contribution in [0.2, 0.25) is 0 Å². The third-order valence-corrected chi connectivity index (χ3v) is 2.42. The molecule has 0 fully saturated rings. The summed E-state index contributed by atoms with van der Waals surface area (Å²) in [5, 5.41) is 11.0. The van der Waals surface area contributed by atoms with Crippen molar-refractivity contribution in [1.29, 1.82) is 0 Å². The molecule has 0 saturated heterocycles. The molecule has 0 aliphatic carbocycles. The summed E-state index contributed by atoms with van der Waals surface area (Å²) in [6.07, 6.45) is 1.74. The quantitative estimate of drug-likeness (QED) is 0.795. The van der Waals surface area contributed by atoms with Crippen LogP contribution in [0, 0.1) is 0 Å². The van der Waals surface area contributed by atoms with Gasteiger partial charge in [0.1, 0.15) is 0 Å². The van der Waals surface area contributed by atoms with Gasteiger partial charge < -0.3 is 5.32 Å². The number of nitrogens with one attached hydrogen (secondary N) is 1. The summed E-state index contributed by atoms with van der Waals surface area (Å²) in [6, 6.07) is 7.93. The van der Waals surface area contributed by atoms with Crippen LogP contribution >= 0.6 is 15.9 Å². The summed E-state index contributed by atoms with van der Waals surface area (Å²) in [5.74, 6) is 0.815. The number of benzene rings is 1. The molecule has 0 aromatic heterocycles. The van der Waals surface area contributed by atoms with Crippen LogP contribution in [0.1, 0.15) is 5.56 Å². The van der Waals surface area contributed by atoms with Crippen LogP contribution < -0.4 is 5.32 Å². The molecule has 1 heterocycles. The zero-order valence-electron chi connectivity index (χ0n) is 6.87. The van der Waals surface area contributed by atoms with E-state index < -0.39 is 0 Å². The van der Waals surface area contributed by atoms with Crippen LogP contribution in [0.5, 0.6) is 0 Å².